The molecule has 0 atom stereocenters. The Morgan fingerprint density at radius 2 is 1.81 bits per heavy atom. The van der Waals surface area contributed by atoms with Crippen molar-refractivity contribution in [3.63, 3.8) is 0 Å². The molecule has 2 N–H and O–H groups in total. The number of rotatable bonds is 4. The Morgan fingerprint density at radius 1 is 1.14 bits per heavy atom. The second-order valence-electron chi connectivity index (χ2n) is 4.44. The maximum Gasteiger partial charge on any atom is 0.262 e. The maximum absolute atomic E-state index is 12.6. The number of nitrogens with one attached hydrogen (secondary N) is 1. The summed E-state index contributed by atoms with van der Waals surface area (Å²) in [4.78, 5) is 0.136. The lowest BCUT2D eigenvalue weighted by atomic mass is 10.2. The molecule has 0 aliphatic rings. The third-order valence-electron chi connectivity index (χ3n) is 2.95. The smallest absolute Gasteiger partial charge is 0.262 e. The molecule has 0 spiro atoms. The van der Waals surface area contributed by atoms with Gasteiger partial charge in [-0.25, -0.2) is 8.42 Å². The number of para-hydroxylation sites is 1. The molecule has 2 rings (SSSR count). The standard InChI is InChI=1S/C14H13Br2NO3S/c1-9-12(16)6-10(8-18)7-14(9)21(19,20)17-13-5-3-2-4-11(13)15/h2-7,17-18H,8H2,1H3. The van der Waals surface area contributed by atoms with E-state index in [0.717, 1.165) is 0 Å². The Bertz CT molecular complexity index is 776. The van der Waals surface area contributed by atoms with Crippen LogP contribution in [0.25, 0.3) is 0 Å². The summed E-state index contributed by atoms with van der Waals surface area (Å²) in [6.07, 6.45) is 0. The van der Waals surface area contributed by atoms with E-state index in [4.69, 9.17) is 0 Å². The molecule has 0 aliphatic heterocycles. The summed E-state index contributed by atoms with van der Waals surface area (Å²) in [6, 6.07) is 10.1. The predicted molar refractivity (Wildman–Crippen MR) is 89.8 cm³/mol. The zero-order valence-electron chi connectivity index (χ0n) is 11.1. The summed E-state index contributed by atoms with van der Waals surface area (Å²) >= 11 is 6.62. The fourth-order valence-corrected chi connectivity index (χ4v) is 4.37. The van der Waals surface area contributed by atoms with Crippen LogP contribution in [0.3, 0.4) is 0 Å². The minimum Gasteiger partial charge on any atom is -0.392 e. The lowest BCUT2D eigenvalue weighted by molar-refractivity contribution is 0.281. The van der Waals surface area contributed by atoms with Gasteiger partial charge in [0, 0.05) is 8.95 Å². The van der Waals surface area contributed by atoms with Crippen LogP contribution in [0.15, 0.2) is 50.2 Å². The van der Waals surface area contributed by atoms with E-state index in [1.54, 1.807) is 37.3 Å². The first-order valence-electron chi connectivity index (χ1n) is 6.02. The molecule has 0 radical (unpaired) electrons. The first-order chi connectivity index (χ1) is 9.85. The normalized spacial score (nSPS) is 11.4. The topological polar surface area (TPSA) is 66.4 Å². The van der Waals surface area contributed by atoms with Gasteiger partial charge in [-0.15, -0.1) is 0 Å². The van der Waals surface area contributed by atoms with E-state index in [1.807, 2.05) is 0 Å². The van der Waals surface area contributed by atoms with E-state index < -0.39 is 10.0 Å². The van der Waals surface area contributed by atoms with Gasteiger partial charge in [0.25, 0.3) is 10.0 Å². The van der Waals surface area contributed by atoms with Gasteiger partial charge in [-0.3, -0.25) is 4.72 Å². The molecule has 0 heterocycles. The highest BCUT2D eigenvalue weighted by Crippen LogP contribution is 2.29. The number of hydrogen-bond donors (Lipinski definition) is 2. The second-order valence-corrected chi connectivity index (χ2v) is 7.80. The van der Waals surface area contributed by atoms with Gasteiger partial charge in [0.2, 0.25) is 0 Å². The minimum absolute atomic E-state index is 0.136. The molecule has 2 aromatic rings. The average molecular weight is 435 g/mol. The van der Waals surface area contributed by atoms with Crippen molar-refractivity contribution in [2.24, 2.45) is 0 Å². The van der Waals surface area contributed by atoms with Crippen LogP contribution in [-0.2, 0) is 16.6 Å². The monoisotopic (exact) mass is 433 g/mol. The van der Waals surface area contributed by atoms with Crippen LogP contribution in [0.5, 0.6) is 0 Å². The van der Waals surface area contributed by atoms with Gasteiger partial charge in [0.05, 0.1) is 17.2 Å². The Labute approximate surface area is 140 Å². The molecule has 0 saturated carbocycles. The van der Waals surface area contributed by atoms with Crippen LogP contribution < -0.4 is 4.72 Å². The third-order valence-corrected chi connectivity index (χ3v) is 5.95. The average Bonchev–Trinajstić information content (AvgIpc) is 2.43. The molecule has 0 amide bonds. The second kappa shape index (κ2) is 6.48. The highest BCUT2D eigenvalue weighted by atomic mass is 79.9. The van der Waals surface area contributed by atoms with Gasteiger partial charge in [-0.05, 0) is 58.2 Å². The summed E-state index contributed by atoms with van der Waals surface area (Å²) in [7, 11) is -3.74. The zero-order chi connectivity index (χ0) is 15.6. The number of hydrogen-bond acceptors (Lipinski definition) is 3. The van der Waals surface area contributed by atoms with Crippen molar-refractivity contribution in [2.75, 3.05) is 4.72 Å². The Hall–Kier alpha value is -0.890. The summed E-state index contributed by atoms with van der Waals surface area (Å²) < 4.78 is 29.0. The van der Waals surface area contributed by atoms with Crippen molar-refractivity contribution in [2.45, 2.75) is 18.4 Å². The Kier molecular flexibility index (Phi) is 5.08. The van der Waals surface area contributed by atoms with Crippen LogP contribution in [0, 0.1) is 6.92 Å². The number of aliphatic hydroxyl groups is 1. The van der Waals surface area contributed by atoms with Crippen molar-refractivity contribution in [3.8, 4) is 0 Å². The van der Waals surface area contributed by atoms with Gasteiger partial charge in [-0.2, -0.15) is 0 Å². The molecule has 0 aromatic heterocycles. The lowest BCUT2D eigenvalue weighted by Crippen LogP contribution is -2.15. The van der Waals surface area contributed by atoms with E-state index in [1.165, 1.54) is 6.07 Å². The van der Waals surface area contributed by atoms with E-state index in [-0.39, 0.29) is 11.5 Å². The van der Waals surface area contributed by atoms with Gasteiger partial charge < -0.3 is 5.11 Å². The van der Waals surface area contributed by atoms with Crippen LogP contribution in [0.1, 0.15) is 11.1 Å². The number of benzene rings is 2. The molecule has 0 aliphatic carbocycles. The molecule has 2 aromatic carbocycles. The Morgan fingerprint density at radius 3 is 2.43 bits per heavy atom. The molecule has 0 fully saturated rings. The lowest BCUT2D eigenvalue weighted by Gasteiger charge is -2.14. The molecule has 0 bridgehead atoms. The van der Waals surface area contributed by atoms with Crippen molar-refractivity contribution in [1.29, 1.82) is 0 Å². The van der Waals surface area contributed by atoms with Crippen molar-refractivity contribution in [1.82, 2.24) is 0 Å². The van der Waals surface area contributed by atoms with Crippen molar-refractivity contribution < 1.29 is 13.5 Å². The number of halogens is 2. The van der Waals surface area contributed by atoms with Crippen LogP contribution in [-0.4, -0.2) is 13.5 Å². The molecule has 7 heteroatoms. The van der Waals surface area contributed by atoms with E-state index in [9.17, 15) is 13.5 Å². The quantitative estimate of drug-likeness (QED) is 0.768. The highest BCUT2D eigenvalue weighted by Gasteiger charge is 2.20. The van der Waals surface area contributed by atoms with Gasteiger partial charge >= 0.3 is 0 Å². The maximum atomic E-state index is 12.6. The van der Waals surface area contributed by atoms with E-state index >= 15 is 0 Å². The van der Waals surface area contributed by atoms with Crippen molar-refractivity contribution in [3.05, 3.63) is 56.5 Å². The fourth-order valence-electron chi connectivity index (χ4n) is 1.82. The van der Waals surface area contributed by atoms with Crippen LogP contribution in [0.2, 0.25) is 0 Å². The minimum atomic E-state index is -3.74. The largest absolute Gasteiger partial charge is 0.392 e. The number of aliphatic hydroxyl groups excluding tert-OH is 1. The summed E-state index contributed by atoms with van der Waals surface area (Å²) in [5.41, 5.74) is 1.58. The third kappa shape index (κ3) is 3.66. The van der Waals surface area contributed by atoms with Gasteiger partial charge in [-0.1, -0.05) is 28.1 Å². The predicted octanol–water partition coefficient (Wildman–Crippen LogP) is 3.81. The SMILES string of the molecule is Cc1c(Br)cc(CO)cc1S(=O)(=O)Nc1ccccc1Br. The molecule has 4 nitrogen and oxygen atoms in total. The van der Waals surface area contributed by atoms with Crippen LogP contribution in [0.4, 0.5) is 5.69 Å². The molecule has 112 valence electrons. The van der Waals surface area contributed by atoms with Crippen molar-refractivity contribution >= 4 is 47.6 Å². The molecule has 21 heavy (non-hydrogen) atoms. The van der Waals surface area contributed by atoms with Gasteiger partial charge in [0.15, 0.2) is 0 Å². The van der Waals surface area contributed by atoms with Crippen LogP contribution >= 0.6 is 31.9 Å². The summed E-state index contributed by atoms with van der Waals surface area (Å²) in [5, 5.41) is 9.23. The zero-order valence-corrected chi connectivity index (χ0v) is 15.1. The highest BCUT2D eigenvalue weighted by molar-refractivity contribution is 9.11. The Balaban J connectivity index is 2.50. The first-order valence-corrected chi connectivity index (χ1v) is 9.09. The summed E-state index contributed by atoms with van der Waals surface area (Å²) in [6.45, 7) is 1.48. The summed E-state index contributed by atoms with van der Waals surface area (Å²) in [5.74, 6) is 0. The first kappa shape index (κ1) is 16.5. The van der Waals surface area contributed by atoms with E-state index in [2.05, 4.69) is 36.6 Å². The molecule has 0 unspecified atom stereocenters. The molecular formula is C14H13Br2NO3S. The molecule has 0 saturated heterocycles. The molecular weight excluding hydrogens is 422 g/mol. The number of sulfonamides is 1. The van der Waals surface area contributed by atoms with Gasteiger partial charge in [0.1, 0.15) is 0 Å². The van der Waals surface area contributed by atoms with E-state index in [0.29, 0.717) is 25.8 Å². The number of anilines is 1. The fraction of sp³-hybridized carbons (Fsp3) is 0.143.